The first-order valence-corrected chi connectivity index (χ1v) is 7.35. The smallest absolute Gasteiger partial charge is 0.319 e. The standard InChI is InChI=1S/C15H19ClN2O3/c1-10-4-5-11(8-12(10)16)17-14(21)18-15(9-13(19)20)6-2-3-7-15/h4-5,8H,2-3,6-7,9H2,1H3,(H,19,20)(H2,17,18,21). The lowest BCUT2D eigenvalue weighted by molar-refractivity contribution is -0.138. The number of carboxylic acids is 1. The first-order valence-electron chi connectivity index (χ1n) is 6.97. The van der Waals surface area contributed by atoms with E-state index in [-0.39, 0.29) is 6.42 Å². The molecule has 0 atom stereocenters. The Morgan fingerprint density at radius 1 is 1.33 bits per heavy atom. The highest BCUT2D eigenvalue weighted by molar-refractivity contribution is 6.31. The number of carbonyl (C=O) groups excluding carboxylic acids is 1. The molecule has 0 unspecified atom stereocenters. The zero-order valence-electron chi connectivity index (χ0n) is 11.9. The Morgan fingerprint density at radius 3 is 2.57 bits per heavy atom. The van der Waals surface area contributed by atoms with Crippen LogP contribution >= 0.6 is 11.6 Å². The normalized spacial score (nSPS) is 16.5. The van der Waals surface area contributed by atoms with Crippen molar-refractivity contribution < 1.29 is 14.7 Å². The number of rotatable bonds is 4. The summed E-state index contributed by atoms with van der Waals surface area (Å²) in [6.45, 7) is 1.88. The number of anilines is 1. The van der Waals surface area contributed by atoms with Gasteiger partial charge in [0, 0.05) is 10.7 Å². The largest absolute Gasteiger partial charge is 0.481 e. The van der Waals surface area contributed by atoms with Crippen LogP contribution in [-0.4, -0.2) is 22.6 Å². The quantitative estimate of drug-likeness (QED) is 0.795. The molecule has 1 aliphatic carbocycles. The molecular formula is C15H19ClN2O3. The Kier molecular flexibility index (Phi) is 4.73. The maximum atomic E-state index is 12.1. The summed E-state index contributed by atoms with van der Waals surface area (Å²) in [5.41, 5.74) is 0.886. The molecule has 1 saturated carbocycles. The lowest BCUT2D eigenvalue weighted by Crippen LogP contribution is -2.49. The van der Waals surface area contributed by atoms with Crippen LogP contribution in [0.3, 0.4) is 0 Å². The lowest BCUT2D eigenvalue weighted by Gasteiger charge is -2.28. The Hall–Kier alpha value is -1.75. The minimum absolute atomic E-state index is 0.0466. The van der Waals surface area contributed by atoms with Gasteiger partial charge >= 0.3 is 12.0 Å². The summed E-state index contributed by atoms with van der Waals surface area (Å²) in [5.74, 6) is -0.893. The van der Waals surface area contributed by atoms with Crippen molar-refractivity contribution in [3.63, 3.8) is 0 Å². The summed E-state index contributed by atoms with van der Waals surface area (Å²) in [7, 11) is 0. The van der Waals surface area contributed by atoms with Crippen molar-refractivity contribution in [2.24, 2.45) is 0 Å². The van der Waals surface area contributed by atoms with Gasteiger partial charge in [0.2, 0.25) is 0 Å². The first-order chi connectivity index (χ1) is 9.90. The number of carbonyl (C=O) groups is 2. The fraction of sp³-hybridized carbons (Fsp3) is 0.467. The molecule has 5 nitrogen and oxygen atoms in total. The molecule has 1 fully saturated rings. The van der Waals surface area contributed by atoms with Gasteiger partial charge in [-0.1, -0.05) is 30.5 Å². The van der Waals surface area contributed by atoms with Crippen molar-refractivity contribution in [3.8, 4) is 0 Å². The number of aliphatic carboxylic acids is 1. The van der Waals surface area contributed by atoms with E-state index in [1.165, 1.54) is 0 Å². The summed E-state index contributed by atoms with van der Waals surface area (Å²) in [5, 5.41) is 15.1. The second-order valence-electron chi connectivity index (χ2n) is 5.60. The van der Waals surface area contributed by atoms with E-state index in [2.05, 4.69) is 10.6 Å². The predicted octanol–water partition coefficient (Wildman–Crippen LogP) is 3.56. The molecule has 2 amide bonds. The topological polar surface area (TPSA) is 78.4 Å². The van der Waals surface area contributed by atoms with Crippen molar-refractivity contribution in [1.82, 2.24) is 5.32 Å². The number of carboxylic acid groups (broad SMARTS) is 1. The van der Waals surface area contributed by atoms with Gasteiger partial charge in [0.15, 0.2) is 0 Å². The Morgan fingerprint density at radius 2 is 2.00 bits per heavy atom. The van der Waals surface area contributed by atoms with Crippen LogP contribution in [0.2, 0.25) is 5.02 Å². The SMILES string of the molecule is Cc1ccc(NC(=O)NC2(CC(=O)O)CCCC2)cc1Cl. The number of amides is 2. The van der Waals surface area contributed by atoms with Crippen LogP contribution in [0, 0.1) is 6.92 Å². The predicted molar refractivity (Wildman–Crippen MR) is 81.8 cm³/mol. The third-order valence-electron chi connectivity index (χ3n) is 3.86. The van der Waals surface area contributed by atoms with Crippen LogP contribution in [0.1, 0.15) is 37.7 Å². The summed E-state index contributed by atoms with van der Waals surface area (Å²) in [6, 6.07) is 4.87. The number of hydrogen-bond donors (Lipinski definition) is 3. The minimum atomic E-state index is -0.893. The molecule has 6 heteroatoms. The van der Waals surface area contributed by atoms with E-state index >= 15 is 0 Å². The maximum absolute atomic E-state index is 12.1. The monoisotopic (exact) mass is 310 g/mol. The van der Waals surface area contributed by atoms with Crippen molar-refractivity contribution >= 4 is 29.3 Å². The van der Waals surface area contributed by atoms with E-state index in [9.17, 15) is 9.59 Å². The highest BCUT2D eigenvalue weighted by Crippen LogP contribution is 2.32. The van der Waals surface area contributed by atoms with Gasteiger partial charge in [-0.3, -0.25) is 4.79 Å². The second-order valence-corrected chi connectivity index (χ2v) is 6.01. The molecule has 1 aromatic rings. The second kappa shape index (κ2) is 6.35. The summed E-state index contributed by atoms with van der Waals surface area (Å²) >= 11 is 6.01. The van der Waals surface area contributed by atoms with Crippen LogP contribution in [-0.2, 0) is 4.79 Å². The maximum Gasteiger partial charge on any atom is 0.319 e. The molecule has 0 aromatic heterocycles. The minimum Gasteiger partial charge on any atom is -0.481 e. The molecule has 0 saturated heterocycles. The lowest BCUT2D eigenvalue weighted by atomic mass is 9.93. The number of nitrogens with one attached hydrogen (secondary N) is 2. The molecule has 0 heterocycles. The van der Waals surface area contributed by atoms with Crippen LogP contribution in [0.4, 0.5) is 10.5 Å². The van der Waals surface area contributed by atoms with E-state index in [0.717, 1.165) is 18.4 Å². The van der Waals surface area contributed by atoms with Crippen LogP contribution in [0.25, 0.3) is 0 Å². The molecule has 114 valence electrons. The highest BCUT2D eigenvalue weighted by atomic mass is 35.5. The zero-order valence-corrected chi connectivity index (χ0v) is 12.7. The van der Waals surface area contributed by atoms with Gasteiger partial charge in [-0.2, -0.15) is 0 Å². The number of halogens is 1. The summed E-state index contributed by atoms with van der Waals surface area (Å²) < 4.78 is 0. The first kappa shape index (κ1) is 15.6. The number of benzene rings is 1. The molecule has 0 radical (unpaired) electrons. The van der Waals surface area contributed by atoms with Gasteiger partial charge in [0.1, 0.15) is 0 Å². The van der Waals surface area contributed by atoms with Gasteiger partial charge < -0.3 is 15.7 Å². The molecule has 0 aliphatic heterocycles. The summed E-state index contributed by atoms with van der Waals surface area (Å²) in [4.78, 5) is 23.1. The van der Waals surface area contributed by atoms with Crippen LogP contribution in [0.5, 0.6) is 0 Å². The molecule has 1 aromatic carbocycles. The van der Waals surface area contributed by atoms with E-state index < -0.39 is 17.5 Å². The van der Waals surface area contributed by atoms with Gasteiger partial charge in [0.05, 0.1) is 12.0 Å². The number of hydrogen-bond acceptors (Lipinski definition) is 2. The molecule has 0 spiro atoms. The Bertz CT molecular complexity index is 554. The number of aryl methyl sites for hydroxylation is 1. The van der Waals surface area contributed by atoms with Gasteiger partial charge in [0.25, 0.3) is 0 Å². The Balaban J connectivity index is 2.02. The van der Waals surface area contributed by atoms with E-state index in [0.29, 0.717) is 23.6 Å². The number of urea groups is 1. The van der Waals surface area contributed by atoms with Gasteiger partial charge in [-0.05, 0) is 37.5 Å². The Labute approximate surface area is 128 Å². The van der Waals surface area contributed by atoms with Gasteiger partial charge in [-0.25, -0.2) is 4.79 Å². The third kappa shape index (κ3) is 4.11. The molecule has 2 rings (SSSR count). The van der Waals surface area contributed by atoms with Crippen molar-refractivity contribution in [1.29, 1.82) is 0 Å². The average molecular weight is 311 g/mol. The highest BCUT2D eigenvalue weighted by Gasteiger charge is 2.37. The molecule has 21 heavy (non-hydrogen) atoms. The molecule has 1 aliphatic rings. The zero-order chi connectivity index (χ0) is 15.5. The van der Waals surface area contributed by atoms with Gasteiger partial charge in [-0.15, -0.1) is 0 Å². The van der Waals surface area contributed by atoms with Crippen LogP contribution < -0.4 is 10.6 Å². The van der Waals surface area contributed by atoms with Crippen molar-refractivity contribution in [3.05, 3.63) is 28.8 Å². The average Bonchev–Trinajstić information content (AvgIpc) is 2.80. The molecular weight excluding hydrogens is 292 g/mol. The van der Waals surface area contributed by atoms with E-state index in [1.54, 1.807) is 12.1 Å². The van der Waals surface area contributed by atoms with Crippen molar-refractivity contribution in [2.75, 3.05) is 5.32 Å². The fourth-order valence-electron chi connectivity index (χ4n) is 2.76. The molecule has 0 bridgehead atoms. The third-order valence-corrected chi connectivity index (χ3v) is 4.27. The molecule has 3 N–H and O–H groups in total. The van der Waals surface area contributed by atoms with E-state index in [1.807, 2.05) is 13.0 Å². The van der Waals surface area contributed by atoms with E-state index in [4.69, 9.17) is 16.7 Å². The fourth-order valence-corrected chi connectivity index (χ4v) is 2.94. The van der Waals surface area contributed by atoms with Crippen LogP contribution in [0.15, 0.2) is 18.2 Å². The van der Waals surface area contributed by atoms with Crippen molar-refractivity contribution in [2.45, 2.75) is 44.6 Å². The summed E-state index contributed by atoms with van der Waals surface area (Å²) in [6.07, 6.45) is 3.21.